The zero-order valence-electron chi connectivity index (χ0n) is 2.85. The Labute approximate surface area is 42.4 Å². The van der Waals surface area contributed by atoms with E-state index in [-0.39, 0.29) is 24.0 Å². The zero-order valence-corrected chi connectivity index (χ0v) is 4.12. The SMILES string of the molecule is C=CCO.[Cr]. The molecule has 5 heavy (non-hydrogen) atoms. The van der Waals surface area contributed by atoms with Crippen molar-refractivity contribution >= 4 is 0 Å². The first-order valence-electron chi connectivity index (χ1n) is 1.13. The third-order valence-electron chi connectivity index (χ3n) is 0.129. The molecule has 0 saturated carbocycles. The molecule has 0 amide bonds. The molecule has 0 aromatic rings. The van der Waals surface area contributed by atoms with E-state index in [1.807, 2.05) is 0 Å². The van der Waals surface area contributed by atoms with Crippen molar-refractivity contribution in [2.75, 3.05) is 6.61 Å². The number of aliphatic hydroxyl groups excluding tert-OH is 1. The van der Waals surface area contributed by atoms with Gasteiger partial charge in [-0.25, -0.2) is 0 Å². The molecule has 0 fully saturated rings. The van der Waals surface area contributed by atoms with Crippen LogP contribution in [-0.4, -0.2) is 11.7 Å². The van der Waals surface area contributed by atoms with Crippen LogP contribution in [0.25, 0.3) is 0 Å². The molecule has 2 heteroatoms. The van der Waals surface area contributed by atoms with Gasteiger partial charge in [-0.05, 0) is 0 Å². The van der Waals surface area contributed by atoms with Gasteiger partial charge in [0.15, 0.2) is 0 Å². The number of rotatable bonds is 1. The molecule has 0 aliphatic heterocycles. The molecule has 0 aromatic carbocycles. The molecular weight excluding hydrogens is 104 g/mol. The second-order valence-corrected chi connectivity index (χ2v) is 0.471. The molecule has 0 heterocycles. The predicted molar refractivity (Wildman–Crippen MR) is 17.3 cm³/mol. The molecule has 1 N–H and O–H groups in total. The summed E-state index contributed by atoms with van der Waals surface area (Å²) in [7, 11) is 0. The third-order valence-corrected chi connectivity index (χ3v) is 0.129. The fourth-order valence-corrected chi connectivity index (χ4v) is 0. The van der Waals surface area contributed by atoms with E-state index in [1.54, 1.807) is 0 Å². The minimum Gasteiger partial charge on any atom is -0.392 e. The minimum absolute atomic E-state index is 0. The summed E-state index contributed by atoms with van der Waals surface area (Å²) in [4.78, 5) is 0. The first-order chi connectivity index (χ1) is 1.91. The molecular formula is C3H6CrO. The molecule has 0 aliphatic rings. The largest absolute Gasteiger partial charge is 0.392 e. The van der Waals surface area contributed by atoms with E-state index < -0.39 is 0 Å². The maximum atomic E-state index is 7.76. The summed E-state index contributed by atoms with van der Waals surface area (Å²) in [5, 5.41) is 7.76. The van der Waals surface area contributed by atoms with Crippen LogP contribution in [-0.2, 0) is 17.4 Å². The van der Waals surface area contributed by atoms with Gasteiger partial charge in [0.05, 0.1) is 6.61 Å². The maximum Gasteiger partial charge on any atom is 0.0609 e. The van der Waals surface area contributed by atoms with Crippen molar-refractivity contribution in [2.45, 2.75) is 0 Å². The smallest absolute Gasteiger partial charge is 0.0609 e. The Morgan fingerprint density at radius 2 is 2.00 bits per heavy atom. The second kappa shape index (κ2) is 8.87. The van der Waals surface area contributed by atoms with Gasteiger partial charge in [-0.1, -0.05) is 6.08 Å². The van der Waals surface area contributed by atoms with Crippen LogP contribution >= 0.6 is 0 Å². The van der Waals surface area contributed by atoms with E-state index in [0.717, 1.165) is 0 Å². The molecule has 0 aliphatic carbocycles. The van der Waals surface area contributed by atoms with Crippen LogP contribution in [0.1, 0.15) is 0 Å². The summed E-state index contributed by atoms with van der Waals surface area (Å²) in [5.74, 6) is 0. The predicted octanol–water partition coefficient (Wildman–Crippen LogP) is 0.162. The van der Waals surface area contributed by atoms with Gasteiger partial charge in [0, 0.05) is 17.4 Å². The molecule has 0 bridgehead atoms. The Balaban J connectivity index is 0. The summed E-state index contributed by atoms with van der Waals surface area (Å²) in [5.41, 5.74) is 0. The molecule has 0 rings (SSSR count). The number of hydrogen-bond acceptors (Lipinski definition) is 1. The van der Waals surface area contributed by atoms with Crippen molar-refractivity contribution in [2.24, 2.45) is 0 Å². The van der Waals surface area contributed by atoms with E-state index in [4.69, 9.17) is 5.11 Å². The van der Waals surface area contributed by atoms with Crippen LogP contribution < -0.4 is 0 Å². The molecule has 0 unspecified atom stereocenters. The molecule has 30 valence electrons. The Morgan fingerprint density at radius 1 is 1.80 bits per heavy atom. The van der Waals surface area contributed by atoms with Gasteiger partial charge in [-0.15, -0.1) is 6.58 Å². The molecule has 0 aromatic heterocycles. The van der Waals surface area contributed by atoms with Crippen molar-refractivity contribution in [3.8, 4) is 0 Å². The van der Waals surface area contributed by atoms with E-state index in [9.17, 15) is 0 Å². The van der Waals surface area contributed by atoms with Crippen LogP contribution in [0.15, 0.2) is 12.7 Å². The summed E-state index contributed by atoms with van der Waals surface area (Å²) in [6, 6.07) is 0. The first-order valence-corrected chi connectivity index (χ1v) is 1.13. The first kappa shape index (κ1) is 8.97. The van der Waals surface area contributed by atoms with Gasteiger partial charge in [-0.2, -0.15) is 0 Å². The molecule has 1 nitrogen and oxygen atoms in total. The fraction of sp³-hybridized carbons (Fsp3) is 0.333. The van der Waals surface area contributed by atoms with Crippen LogP contribution in [0.5, 0.6) is 0 Å². The van der Waals surface area contributed by atoms with Crippen molar-refractivity contribution in [1.82, 2.24) is 0 Å². The standard InChI is InChI=1S/C3H6O.Cr/c1-2-3-4;/h2,4H,1,3H2;. The van der Waals surface area contributed by atoms with Gasteiger partial charge in [0.1, 0.15) is 0 Å². The van der Waals surface area contributed by atoms with E-state index in [1.165, 1.54) is 6.08 Å². The molecule has 0 spiro atoms. The Hall–Kier alpha value is 0.232. The monoisotopic (exact) mass is 110 g/mol. The summed E-state index contributed by atoms with van der Waals surface area (Å²) < 4.78 is 0. The molecule has 0 radical (unpaired) electrons. The van der Waals surface area contributed by atoms with Crippen molar-refractivity contribution < 1.29 is 22.5 Å². The average molecular weight is 110 g/mol. The summed E-state index contributed by atoms with van der Waals surface area (Å²) >= 11 is 0. The quantitative estimate of drug-likeness (QED) is 0.477. The molecule has 0 saturated heterocycles. The number of aliphatic hydroxyl groups is 1. The van der Waals surface area contributed by atoms with Gasteiger partial charge >= 0.3 is 0 Å². The van der Waals surface area contributed by atoms with Crippen molar-refractivity contribution in [1.29, 1.82) is 0 Å². The zero-order chi connectivity index (χ0) is 3.41. The Bertz CT molecular complexity index is 20.9. The van der Waals surface area contributed by atoms with Crippen LogP contribution in [0.3, 0.4) is 0 Å². The Kier molecular flexibility index (Phi) is 15.9. The topological polar surface area (TPSA) is 20.2 Å². The average Bonchev–Trinajstić information content (AvgIpc) is 1.37. The Morgan fingerprint density at radius 3 is 2.00 bits per heavy atom. The maximum absolute atomic E-state index is 7.76. The van der Waals surface area contributed by atoms with Crippen LogP contribution in [0, 0.1) is 0 Å². The normalized spacial score (nSPS) is 5.00. The minimum atomic E-state index is 0. The van der Waals surface area contributed by atoms with E-state index in [2.05, 4.69) is 6.58 Å². The molecule has 0 atom stereocenters. The second-order valence-electron chi connectivity index (χ2n) is 0.471. The fourth-order valence-electron chi connectivity index (χ4n) is 0. The van der Waals surface area contributed by atoms with Crippen LogP contribution in [0.2, 0.25) is 0 Å². The van der Waals surface area contributed by atoms with E-state index >= 15 is 0 Å². The van der Waals surface area contributed by atoms with Gasteiger partial charge < -0.3 is 5.11 Å². The number of hydrogen-bond donors (Lipinski definition) is 1. The van der Waals surface area contributed by atoms with Crippen molar-refractivity contribution in [3.63, 3.8) is 0 Å². The van der Waals surface area contributed by atoms with Crippen LogP contribution in [0.4, 0.5) is 0 Å². The van der Waals surface area contributed by atoms with Gasteiger partial charge in [0.2, 0.25) is 0 Å². The summed E-state index contributed by atoms with van der Waals surface area (Å²) in [6.45, 7) is 3.31. The van der Waals surface area contributed by atoms with Gasteiger partial charge in [-0.3, -0.25) is 0 Å². The third kappa shape index (κ3) is 13.9. The van der Waals surface area contributed by atoms with E-state index in [0.29, 0.717) is 0 Å². The van der Waals surface area contributed by atoms with Gasteiger partial charge in [0.25, 0.3) is 0 Å². The summed E-state index contributed by atoms with van der Waals surface area (Å²) in [6.07, 6.45) is 1.43. The van der Waals surface area contributed by atoms with Crippen molar-refractivity contribution in [3.05, 3.63) is 12.7 Å².